The minimum Gasteiger partial charge on any atom is -0.465 e. The topological polar surface area (TPSA) is 53.3 Å². The Hall–Kier alpha value is -2.54. The molecule has 0 N–H and O–H groups in total. The SMILES string of the molecule is COC(=O)/C(C#N)=C(\C=C/N(C)C)c1ccc(C)cc1. The summed E-state index contributed by atoms with van der Waals surface area (Å²) in [4.78, 5) is 13.6. The Balaban J connectivity index is 3.42. The van der Waals surface area contributed by atoms with Gasteiger partial charge in [-0.1, -0.05) is 29.8 Å². The monoisotopic (exact) mass is 270 g/mol. The van der Waals surface area contributed by atoms with E-state index in [4.69, 9.17) is 0 Å². The van der Waals surface area contributed by atoms with E-state index < -0.39 is 5.97 Å². The number of benzene rings is 1. The zero-order chi connectivity index (χ0) is 15.1. The Bertz CT molecular complexity index is 575. The van der Waals surface area contributed by atoms with Crippen molar-refractivity contribution < 1.29 is 9.53 Å². The number of allylic oxidation sites excluding steroid dienone is 2. The van der Waals surface area contributed by atoms with Gasteiger partial charge in [0, 0.05) is 19.7 Å². The maximum Gasteiger partial charge on any atom is 0.349 e. The number of aryl methyl sites for hydroxylation is 1. The highest BCUT2D eigenvalue weighted by Gasteiger charge is 2.15. The van der Waals surface area contributed by atoms with E-state index in [0.29, 0.717) is 5.57 Å². The fourth-order valence-electron chi connectivity index (χ4n) is 1.60. The summed E-state index contributed by atoms with van der Waals surface area (Å²) >= 11 is 0. The molecule has 0 aromatic heterocycles. The Morgan fingerprint density at radius 3 is 2.35 bits per heavy atom. The first kappa shape index (κ1) is 15.5. The van der Waals surface area contributed by atoms with Crippen LogP contribution in [-0.2, 0) is 9.53 Å². The Morgan fingerprint density at radius 1 is 1.30 bits per heavy atom. The molecule has 0 unspecified atom stereocenters. The fraction of sp³-hybridized carbons (Fsp3) is 0.250. The van der Waals surface area contributed by atoms with Gasteiger partial charge >= 0.3 is 5.97 Å². The van der Waals surface area contributed by atoms with Gasteiger partial charge in [-0.15, -0.1) is 0 Å². The molecule has 0 bridgehead atoms. The smallest absolute Gasteiger partial charge is 0.349 e. The number of methoxy groups -OCH3 is 1. The summed E-state index contributed by atoms with van der Waals surface area (Å²) < 4.78 is 4.67. The first-order valence-corrected chi connectivity index (χ1v) is 6.14. The molecular formula is C16H18N2O2. The summed E-state index contributed by atoms with van der Waals surface area (Å²) in [5.41, 5.74) is 2.46. The molecule has 1 aromatic rings. The third kappa shape index (κ3) is 3.99. The van der Waals surface area contributed by atoms with Crippen LogP contribution < -0.4 is 0 Å². The molecule has 104 valence electrons. The second kappa shape index (κ2) is 7.15. The molecule has 0 radical (unpaired) electrons. The number of carbonyl (C=O) groups excluding carboxylic acids is 1. The zero-order valence-electron chi connectivity index (χ0n) is 12.2. The molecule has 0 aliphatic heterocycles. The second-order valence-corrected chi connectivity index (χ2v) is 4.54. The molecule has 0 atom stereocenters. The Kier molecular flexibility index (Phi) is 5.55. The summed E-state index contributed by atoms with van der Waals surface area (Å²) in [7, 11) is 5.00. The fourth-order valence-corrected chi connectivity index (χ4v) is 1.60. The number of hydrogen-bond donors (Lipinski definition) is 0. The zero-order valence-corrected chi connectivity index (χ0v) is 12.2. The van der Waals surface area contributed by atoms with Crippen LogP contribution in [0.4, 0.5) is 0 Å². The molecule has 0 heterocycles. The van der Waals surface area contributed by atoms with Crippen LogP contribution in [-0.4, -0.2) is 32.1 Å². The molecule has 4 nitrogen and oxygen atoms in total. The molecule has 0 aliphatic carbocycles. The van der Waals surface area contributed by atoms with Crippen molar-refractivity contribution in [3.05, 3.63) is 53.2 Å². The summed E-state index contributed by atoms with van der Waals surface area (Å²) in [6, 6.07) is 9.56. The minimum atomic E-state index is -0.633. The van der Waals surface area contributed by atoms with Gasteiger partial charge in [0.1, 0.15) is 11.6 Å². The van der Waals surface area contributed by atoms with Crippen molar-refractivity contribution in [3.63, 3.8) is 0 Å². The Morgan fingerprint density at radius 2 is 1.90 bits per heavy atom. The highest BCUT2D eigenvalue weighted by Crippen LogP contribution is 2.22. The lowest BCUT2D eigenvalue weighted by molar-refractivity contribution is -0.135. The standard InChI is InChI=1S/C16H18N2O2/c1-12-5-7-13(8-6-12)14(9-10-18(2)3)15(11-17)16(19)20-4/h5-10H,1-4H3/b10-9-,15-14+. The maximum absolute atomic E-state index is 11.7. The largest absolute Gasteiger partial charge is 0.465 e. The molecule has 0 aliphatic rings. The molecule has 20 heavy (non-hydrogen) atoms. The van der Waals surface area contributed by atoms with Gasteiger partial charge in [0.05, 0.1) is 7.11 Å². The summed E-state index contributed by atoms with van der Waals surface area (Å²) in [5, 5.41) is 9.22. The van der Waals surface area contributed by atoms with E-state index in [0.717, 1.165) is 11.1 Å². The third-order valence-corrected chi connectivity index (χ3v) is 2.67. The lowest BCUT2D eigenvalue weighted by Gasteiger charge is -2.09. The van der Waals surface area contributed by atoms with Crippen LogP contribution in [0.1, 0.15) is 11.1 Å². The predicted octanol–water partition coefficient (Wildman–Crippen LogP) is 2.52. The van der Waals surface area contributed by atoms with Gasteiger partial charge < -0.3 is 9.64 Å². The van der Waals surface area contributed by atoms with Crippen LogP contribution in [0.15, 0.2) is 42.1 Å². The second-order valence-electron chi connectivity index (χ2n) is 4.54. The van der Waals surface area contributed by atoms with Crippen LogP contribution in [0.3, 0.4) is 0 Å². The van der Waals surface area contributed by atoms with Crippen LogP contribution >= 0.6 is 0 Å². The predicted molar refractivity (Wildman–Crippen MR) is 78.6 cm³/mol. The molecule has 1 aromatic carbocycles. The van der Waals surface area contributed by atoms with Gasteiger partial charge in [-0.25, -0.2) is 4.79 Å². The molecule has 0 spiro atoms. The third-order valence-electron chi connectivity index (χ3n) is 2.67. The quantitative estimate of drug-likeness (QED) is 0.365. The van der Waals surface area contributed by atoms with Gasteiger partial charge in [0.2, 0.25) is 0 Å². The average molecular weight is 270 g/mol. The first-order chi connectivity index (χ1) is 9.49. The highest BCUT2D eigenvalue weighted by molar-refractivity contribution is 6.03. The van der Waals surface area contributed by atoms with Gasteiger partial charge in [0.25, 0.3) is 0 Å². The number of ether oxygens (including phenoxy) is 1. The van der Waals surface area contributed by atoms with E-state index in [1.165, 1.54) is 7.11 Å². The molecular weight excluding hydrogens is 252 g/mol. The van der Waals surface area contributed by atoms with E-state index in [9.17, 15) is 10.1 Å². The number of nitriles is 1. The molecule has 0 saturated heterocycles. The molecule has 1 rings (SSSR count). The van der Waals surface area contributed by atoms with Crippen molar-refractivity contribution in [3.8, 4) is 6.07 Å². The summed E-state index contributed by atoms with van der Waals surface area (Å²) in [6.07, 6.45) is 3.52. The van der Waals surface area contributed by atoms with Crippen molar-refractivity contribution in [2.45, 2.75) is 6.92 Å². The number of esters is 1. The number of nitrogens with zero attached hydrogens (tertiary/aromatic N) is 2. The lowest BCUT2D eigenvalue weighted by Crippen LogP contribution is -2.06. The van der Waals surface area contributed by atoms with Gasteiger partial charge in [-0.2, -0.15) is 5.26 Å². The van der Waals surface area contributed by atoms with Gasteiger partial charge in [-0.3, -0.25) is 0 Å². The van der Waals surface area contributed by atoms with Crippen molar-refractivity contribution in [2.24, 2.45) is 0 Å². The lowest BCUT2D eigenvalue weighted by atomic mass is 9.99. The number of rotatable bonds is 4. The van der Waals surface area contributed by atoms with E-state index >= 15 is 0 Å². The van der Waals surface area contributed by atoms with Crippen molar-refractivity contribution in [1.29, 1.82) is 5.26 Å². The molecule has 0 saturated carbocycles. The number of hydrogen-bond acceptors (Lipinski definition) is 4. The maximum atomic E-state index is 11.7. The van der Waals surface area contributed by atoms with Crippen LogP contribution in [0.25, 0.3) is 5.57 Å². The van der Waals surface area contributed by atoms with Crippen molar-refractivity contribution in [1.82, 2.24) is 4.90 Å². The molecule has 0 fully saturated rings. The van der Waals surface area contributed by atoms with Crippen molar-refractivity contribution >= 4 is 11.5 Å². The summed E-state index contributed by atoms with van der Waals surface area (Å²) in [5.74, 6) is -0.633. The van der Waals surface area contributed by atoms with Gasteiger partial charge in [-0.05, 0) is 24.8 Å². The number of carbonyl (C=O) groups is 1. The first-order valence-electron chi connectivity index (χ1n) is 6.14. The summed E-state index contributed by atoms with van der Waals surface area (Å²) in [6.45, 7) is 1.98. The normalized spacial score (nSPS) is 11.8. The van der Waals surface area contributed by atoms with E-state index in [-0.39, 0.29) is 5.57 Å². The average Bonchev–Trinajstić information content (AvgIpc) is 2.43. The van der Waals surface area contributed by atoms with Crippen LogP contribution in [0, 0.1) is 18.3 Å². The molecule has 4 heteroatoms. The van der Waals surface area contributed by atoms with E-state index in [2.05, 4.69) is 4.74 Å². The van der Waals surface area contributed by atoms with Crippen LogP contribution in [0.2, 0.25) is 0 Å². The molecule has 0 amide bonds. The van der Waals surface area contributed by atoms with Crippen molar-refractivity contribution in [2.75, 3.05) is 21.2 Å². The Labute approximate surface area is 119 Å². The van der Waals surface area contributed by atoms with Gasteiger partial charge in [0.15, 0.2) is 0 Å². The highest BCUT2D eigenvalue weighted by atomic mass is 16.5. The van der Waals surface area contributed by atoms with E-state index in [1.807, 2.05) is 56.3 Å². The van der Waals surface area contributed by atoms with Crippen LogP contribution in [0.5, 0.6) is 0 Å². The van der Waals surface area contributed by atoms with E-state index in [1.54, 1.807) is 12.3 Å². The minimum absolute atomic E-state index is 0.00514.